The van der Waals surface area contributed by atoms with Gasteiger partial charge in [0.1, 0.15) is 0 Å². The zero-order valence-corrected chi connectivity index (χ0v) is 8.87. The van der Waals surface area contributed by atoms with Gasteiger partial charge in [0.05, 0.1) is 0 Å². The Morgan fingerprint density at radius 1 is 1.07 bits per heavy atom. The van der Waals surface area contributed by atoms with Gasteiger partial charge in [-0.25, -0.2) is 0 Å². The Bertz CT molecular complexity index is 483. The molecule has 2 rings (SSSR count). The van der Waals surface area contributed by atoms with E-state index in [1.54, 1.807) is 0 Å². The zero-order chi connectivity index (χ0) is 10.8. The standard InChI is InChI=1S/C13H13NO/c1-9-12(8-15)13(10(2)14-9)11-6-4-3-5-7-11/h3-8,14H,1-2H3. The molecule has 0 saturated carbocycles. The van der Waals surface area contributed by atoms with Gasteiger partial charge in [-0.15, -0.1) is 0 Å². The molecule has 76 valence electrons. The van der Waals surface area contributed by atoms with Gasteiger partial charge >= 0.3 is 0 Å². The van der Waals surface area contributed by atoms with Crippen LogP contribution in [-0.2, 0) is 0 Å². The number of H-pyrrole nitrogens is 1. The number of carbonyl (C=O) groups excluding carboxylic acids is 1. The molecular formula is C13H13NO. The van der Waals surface area contributed by atoms with E-state index in [9.17, 15) is 4.79 Å². The van der Waals surface area contributed by atoms with E-state index >= 15 is 0 Å². The Labute approximate surface area is 89.0 Å². The van der Waals surface area contributed by atoms with Crippen LogP contribution < -0.4 is 0 Å². The van der Waals surface area contributed by atoms with E-state index in [1.807, 2.05) is 44.2 Å². The molecule has 0 radical (unpaired) electrons. The highest BCUT2D eigenvalue weighted by Gasteiger charge is 2.12. The SMILES string of the molecule is Cc1[nH]c(C)c(-c2ccccc2)c1C=O. The van der Waals surface area contributed by atoms with Gasteiger partial charge < -0.3 is 4.98 Å². The van der Waals surface area contributed by atoms with Crippen LogP contribution in [0.3, 0.4) is 0 Å². The van der Waals surface area contributed by atoms with Crippen molar-refractivity contribution in [3.8, 4) is 11.1 Å². The van der Waals surface area contributed by atoms with E-state index in [4.69, 9.17) is 0 Å². The molecule has 0 aliphatic carbocycles. The molecule has 0 unspecified atom stereocenters. The van der Waals surface area contributed by atoms with E-state index in [2.05, 4.69) is 4.98 Å². The fourth-order valence-electron chi connectivity index (χ4n) is 1.92. The molecule has 0 spiro atoms. The third kappa shape index (κ3) is 1.59. The summed E-state index contributed by atoms with van der Waals surface area (Å²) in [6, 6.07) is 9.96. The minimum absolute atomic E-state index is 0.763. The number of aromatic nitrogens is 1. The smallest absolute Gasteiger partial charge is 0.152 e. The lowest BCUT2D eigenvalue weighted by atomic mass is 10.0. The minimum atomic E-state index is 0.763. The second kappa shape index (κ2) is 3.73. The van der Waals surface area contributed by atoms with Crippen molar-refractivity contribution >= 4 is 6.29 Å². The van der Waals surface area contributed by atoms with E-state index in [1.165, 1.54) is 0 Å². The summed E-state index contributed by atoms with van der Waals surface area (Å²) in [6.07, 6.45) is 0.918. The second-order valence-corrected chi connectivity index (χ2v) is 3.65. The second-order valence-electron chi connectivity index (χ2n) is 3.65. The third-order valence-corrected chi connectivity index (χ3v) is 2.60. The highest BCUT2D eigenvalue weighted by molar-refractivity contribution is 5.90. The number of carbonyl (C=O) groups is 1. The molecular weight excluding hydrogens is 186 g/mol. The number of hydrogen-bond donors (Lipinski definition) is 1. The lowest BCUT2D eigenvalue weighted by molar-refractivity contribution is 0.112. The van der Waals surface area contributed by atoms with E-state index in [0.717, 1.165) is 34.4 Å². The lowest BCUT2D eigenvalue weighted by Gasteiger charge is -2.01. The van der Waals surface area contributed by atoms with Gasteiger partial charge in [-0.05, 0) is 19.4 Å². The topological polar surface area (TPSA) is 32.9 Å². The van der Waals surface area contributed by atoms with Crippen LogP contribution in [0.4, 0.5) is 0 Å². The molecule has 1 heterocycles. The van der Waals surface area contributed by atoms with Crippen LogP contribution in [0.25, 0.3) is 11.1 Å². The molecule has 1 aromatic carbocycles. The number of aromatic amines is 1. The molecule has 1 aromatic heterocycles. The van der Waals surface area contributed by atoms with Crippen LogP contribution in [0, 0.1) is 13.8 Å². The van der Waals surface area contributed by atoms with E-state index < -0.39 is 0 Å². The minimum Gasteiger partial charge on any atom is -0.362 e. The van der Waals surface area contributed by atoms with Crippen molar-refractivity contribution in [2.45, 2.75) is 13.8 Å². The first-order valence-corrected chi connectivity index (χ1v) is 4.94. The predicted octanol–water partition coefficient (Wildman–Crippen LogP) is 3.11. The maximum atomic E-state index is 11.0. The molecule has 0 bridgehead atoms. The average molecular weight is 199 g/mol. The molecule has 2 aromatic rings. The fraction of sp³-hybridized carbons (Fsp3) is 0.154. The van der Waals surface area contributed by atoms with Crippen LogP contribution in [0.15, 0.2) is 30.3 Å². The Hall–Kier alpha value is -1.83. The van der Waals surface area contributed by atoms with Crippen molar-refractivity contribution in [1.29, 1.82) is 0 Å². The van der Waals surface area contributed by atoms with Crippen molar-refractivity contribution in [1.82, 2.24) is 4.98 Å². The lowest BCUT2D eigenvalue weighted by Crippen LogP contribution is -1.85. The van der Waals surface area contributed by atoms with Gasteiger partial charge in [-0.2, -0.15) is 0 Å². The summed E-state index contributed by atoms with van der Waals surface area (Å²) >= 11 is 0. The van der Waals surface area contributed by atoms with Gasteiger partial charge in [-0.3, -0.25) is 4.79 Å². The molecule has 2 nitrogen and oxygen atoms in total. The number of rotatable bonds is 2. The summed E-state index contributed by atoms with van der Waals surface area (Å²) in [5.74, 6) is 0. The Kier molecular flexibility index (Phi) is 2.42. The summed E-state index contributed by atoms with van der Waals surface area (Å²) in [7, 11) is 0. The van der Waals surface area contributed by atoms with Crippen LogP contribution >= 0.6 is 0 Å². The Balaban J connectivity index is 2.67. The molecule has 0 fully saturated rings. The molecule has 2 heteroatoms. The van der Waals surface area contributed by atoms with Crippen LogP contribution in [-0.4, -0.2) is 11.3 Å². The largest absolute Gasteiger partial charge is 0.362 e. The summed E-state index contributed by atoms with van der Waals surface area (Å²) in [5.41, 5.74) is 4.84. The molecule has 0 atom stereocenters. The Morgan fingerprint density at radius 2 is 1.73 bits per heavy atom. The van der Waals surface area contributed by atoms with Gasteiger partial charge in [0, 0.05) is 22.5 Å². The van der Waals surface area contributed by atoms with E-state index in [0.29, 0.717) is 0 Å². The summed E-state index contributed by atoms with van der Waals surface area (Å²) in [5, 5.41) is 0. The normalized spacial score (nSPS) is 10.3. The first-order chi connectivity index (χ1) is 7.24. The molecule has 0 saturated heterocycles. The number of aldehydes is 1. The molecule has 15 heavy (non-hydrogen) atoms. The highest BCUT2D eigenvalue weighted by atomic mass is 16.1. The van der Waals surface area contributed by atoms with E-state index in [-0.39, 0.29) is 0 Å². The summed E-state index contributed by atoms with van der Waals surface area (Å²) in [6.45, 7) is 3.91. The van der Waals surface area contributed by atoms with Crippen molar-refractivity contribution in [3.63, 3.8) is 0 Å². The molecule has 1 N–H and O–H groups in total. The molecule has 0 amide bonds. The van der Waals surface area contributed by atoms with Gasteiger partial charge in [0.2, 0.25) is 0 Å². The first-order valence-electron chi connectivity index (χ1n) is 4.94. The zero-order valence-electron chi connectivity index (χ0n) is 8.87. The highest BCUT2D eigenvalue weighted by Crippen LogP contribution is 2.28. The van der Waals surface area contributed by atoms with Gasteiger partial charge in [-0.1, -0.05) is 30.3 Å². The maximum absolute atomic E-state index is 11.0. The summed E-state index contributed by atoms with van der Waals surface area (Å²) in [4.78, 5) is 14.2. The van der Waals surface area contributed by atoms with Crippen LogP contribution in [0.1, 0.15) is 21.7 Å². The van der Waals surface area contributed by atoms with Gasteiger partial charge in [0.25, 0.3) is 0 Å². The number of hydrogen-bond acceptors (Lipinski definition) is 1. The third-order valence-electron chi connectivity index (χ3n) is 2.60. The van der Waals surface area contributed by atoms with Crippen LogP contribution in [0.2, 0.25) is 0 Å². The van der Waals surface area contributed by atoms with Crippen molar-refractivity contribution < 1.29 is 4.79 Å². The number of aryl methyl sites for hydroxylation is 2. The number of nitrogens with one attached hydrogen (secondary N) is 1. The van der Waals surface area contributed by atoms with Gasteiger partial charge in [0.15, 0.2) is 6.29 Å². The quantitative estimate of drug-likeness (QED) is 0.740. The Morgan fingerprint density at radius 3 is 2.33 bits per heavy atom. The monoisotopic (exact) mass is 199 g/mol. The first kappa shape index (κ1) is 9.71. The fourth-order valence-corrected chi connectivity index (χ4v) is 1.92. The van der Waals surface area contributed by atoms with Crippen molar-refractivity contribution in [2.75, 3.05) is 0 Å². The number of benzene rings is 1. The molecule has 0 aliphatic heterocycles. The predicted molar refractivity (Wildman–Crippen MR) is 61.1 cm³/mol. The summed E-state index contributed by atoms with van der Waals surface area (Å²) < 4.78 is 0. The molecule has 0 aliphatic rings. The maximum Gasteiger partial charge on any atom is 0.152 e. The van der Waals surface area contributed by atoms with Crippen LogP contribution in [0.5, 0.6) is 0 Å². The average Bonchev–Trinajstić information content (AvgIpc) is 2.54. The van der Waals surface area contributed by atoms with Crippen molar-refractivity contribution in [3.05, 3.63) is 47.3 Å². The van der Waals surface area contributed by atoms with Crippen molar-refractivity contribution in [2.24, 2.45) is 0 Å².